The summed E-state index contributed by atoms with van der Waals surface area (Å²) >= 11 is 0. The molecule has 0 bridgehead atoms. The van der Waals surface area contributed by atoms with E-state index in [0.29, 0.717) is 42.0 Å². The highest BCUT2D eigenvalue weighted by atomic mass is 19.4. The number of ether oxygens (including phenoxy) is 1. The lowest BCUT2D eigenvalue weighted by Crippen LogP contribution is -2.50. The summed E-state index contributed by atoms with van der Waals surface area (Å²) in [5.41, 5.74) is 1.87. The highest BCUT2D eigenvalue weighted by Crippen LogP contribution is 2.31. The largest absolute Gasteiger partial charge is 0.496 e. The van der Waals surface area contributed by atoms with Gasteiger partial charge in [-0.05, 0) is 51.0 Å². The highest BCUT2D eigenvalue weighted by molar-refractivity contribution is 5.76. The number of carbonyl (C=O) groups is 1. The Hall–Kier alpha value is -4.40. The minimum Gasteiger partial charge on any atom is -0.496 e. The van der Waals surface area contributed by atoms with Crippen LogP contribution in [0.3, 0.4) is 0 Å². The van der Waals surface area contributed by atoms with Gasteiger partial charge in [0.05, 0.1) is 12.8 Å². The maximum absolute atomic E-state index is 13.4. The number of hydrogen-bond donors (Lipinski definition) is 1. The van der Waals surface area contributed by atoms with Crippen LogP contribution >= 0.6 is 0 Å². The average Bonchev–Trinajstić information content (AvgIpc) is 3.65. The first-order chi connectivity index (χ1) is 18.8. The summed E-state index contributed by atoms with van der Waals surface area (Å²) in [6.45, 7) is 1.37. The first-order valence-corrected chi connectivity index (χ1v) is 12.1. The number of methoxy groups -OCH3 is 1. The van der Waals surface area contributed by atoms with E-state index < -0.39 is 12.0 Å². The van der Waals surface area contributed by atoms with Crippen molar-refractivity contribution in [2.45, 2.75) is 37.6 Å². The van der Waals surface area contributed by atoms with Crippen LogP contribution < -0.4 is 10.1 Å². The summed E-state index contributed by atoms with van der Waals surface area (Å²) in [7, 11) is 1.50. The van der Waals surface area contributed by atoms with Crippen molar-refractivity contribution in [2.24, 2.45) is 0 Å². The highest BCUT2D eigenvalue weighted by Gasteiger charge is 2.38. The third-order valence-corrected chi connectivity index (χ3v) is 6.67. The van der Waals surface area contributed by atoms with Crippen LogP contribution in [0.1, 0.15) is 29.3 Å². The number of piperidine rings is 1. The molecule has 1 fully saturated rings. The number of carbonyl (C=O) groups excluding carboxylic acids is 1. The van der Waals surface area contributed by atoms with Gasteiger partial charge in [0.2, 0.25) is 5.91 Å². The normalized spacial score (nSPS) is 17.8. The lowest BCUT2D eigenvalue weighted by molar-refractivity contribution is -0.146. The molecule has 4 aromatic rings. The summed E-state index contributed by atoms with van der Waals surface area (Å²) in [4.78, 5) is 14.7. The lowest BCUT2D eigenvalue weighted by Gasteiger charge is -2.39. The van der Waals surface area contributed by atoms with Crippen LogP contribution in [-0.4, -0.2) is 77.5 Å². The van der Waals surface area contributed by atoms with Gasteiger partial charge in [0.15, 0.2) is 0 Å². The second kappa shape index (κ2) is 11.1. The van der Waals surface area contributed by atoms with Crippen molar-refractivity contribution in [2.75, 3.05) is 20.2 Å². The molecule has 1 N–H and O–H groups in total. The van der Waals surface area contributed by atoms with Gasteiger partial charge in [-0.15, -0.1) is 10.2 Å². The number of hydrogen-bond acceptors (Lipinski definition) is 9. The fraction of sp³-hybridized carbons (Fsp3) is 0.375. The molecule has 2 aromatic carbocycles. The van der Waals surface area contributed by atoms with Crippen molar-refractivity contribution < 1.29 is 22.7 Å². The van der Waals surface area contributed by atoms with Crippen molar-refractivity contribution in [3.63, 3.8) is 0 Å². The molecule has 1 amide bonds. The molecule has 0 radical (unpaired) electrons. The molecule has 2 atom stereocenters. The van der Waals surface area contributed by atoms with E-state index in [0.717, 1.165) is 5.56 Å². The topological polar surface area (TPSA) is 129 Å². The van der Waals surface area contributed by atoms with E-state index in [9.17, 15) is 18.0 Å². The summed E-state index contributed by atoms with van der Waals surface area (Å²) in [5, 5.41) is 24.3. The standard InChI is InChI=1S/C24H25F3N10O2/c1-39-21-8-7-18(37-23(24(25,26)27)30-32-34-37)11-17(21)12-28-20-9-10-35(22(38)14-36-15-29-31-33-36)13-19(20)16-5-3-2-4-6-16/h2-8,11,15,19-20,28H,9-10,12-14H2,1H3/t19-,20-/m0/s1. The summed E-state index contributed by atoms with van der Waals surface area (Å²) in [6, 6.07) is 14.5. The quantitative estimate of drug-likeness (QED) is 0.355. The number of halogens is 3. The fourth-order valence-corrected chi connectivity index (χ4v) is 4.77. The smallest absolute Gasteiger partial charge is 0.453 e. The third kappa shape index (κ3) is 5.87. The second-order valence-electron chi connectivity index (χ2n) is 9.05. The van der Waals surface area contributed by atoms with E-state index in [2.05, 4.69) is 36.4 Å². The van der Waals surface area contributed by atoms with Gasteiger partial charge in [0.25, 0.3) is 5.82 Å². The lowest BCUT2D eigenvalue weighted by atomic mass is 9.85. The van der Waals surface area contributed by atoms with Gasteiger partial charge < -0.3 is 15.0 Å². The van der Waals surface area contributed by atoms with E-state index in [1.54, 1.807) is 17.0 Å². The number of nitrogens with one attached hydrogen (secondary N) is 1. The fourth-order valence-electron chi connectivity index (χ4n) is 4.77. The predicted molar refractivity (Wildman–Crippen MR) is 130 cm³/mol. The molecule has 1 aliphatic rings. The SMILES string of the molecule is COc1ccc(-n2nnnc2C(F)(F)F)cc1CN[C@H]1CCN(C(=O)Cn2cnnn2)C[C@H]1c1ccccc1. The number of likely N-dealkylation sites (tertiary alicyclic amines) is 1. The Morgan fingerprint density at radius 3 is 2.67 bits per heavy atom. The Labute approximate surface area is 220 Å². The molecular weight excluding hydrogens is 517 g/mol. The van der Waals surface area contributed by atoms with Crippen LogP contribution in [0.25, 0.3) is 5.69 Å². The molecule has 0 saturated carbocycles. The first kappa shape index (κ1) is 26.2. The number of aromatic nitrogens is 8. The average molecular weight is 543 g/mol. The number of amides is 1. The molecule has 0 aliphatic carbocycles. The summed E-state index contributed by atoms with van der Waals surface area (Å²) < 4.78 is 47.6. The van der Waals surface area contributed by atoms with Crippen molar-refractivity contribution in [1.82, 2.24) is 50.6 Å². The monoisotopic (exact) mass is 542 g/mol. The van der Waals surface area contributed by atoms with E-state index >= 15 is 0 Å². The molecule has 2 aromatic heterocycles. The Morgan fingerprint density at radius 1 is 1.13 bits per heavy atom. The zero-order chi connectivity index (χ0) is 27.4. The predicted octanol–water partition coefficient (Wildman–Crippen LogP) is 1.85. The number of benzene rings is 2. The second-order valence-corrected chi connectivity index (χ2v) is 9.05. The van der Waals surface area contributed by atoms with E-state index in [1.807, 2.05) is 30.3 Å². The molecule has 0 spiro atoms. The van der Waals surface area contributed by atoms with Gasteiger partial charge in [0.1, 0.15) is 18.6 Å². The molecule has 12 nitrogen and oxygen atoms in total. The molecule has 1 aliphatic heterocycles. The zero-order valence-electron chi connectivity index (χ0n) is 20.9. The van der Waals surface area contributed by atoms with Gasteiger partial charge >= 0.3 is 6.18 Å². The van der Waals surface area contributed by atoms with Crippen LogP contribution in [0, 0.1) is 0 Å². The van der Waals surface area contributed by atoms with Gasteiger partial charge in [-0.25, -0.2) is 4.68 Å². The van der Waals surface area contributed by atoms with Crippen molar-refractivity contribution in [3.05, 3.63) is 71.8 Å². The molecule has 3 heterocycles. The minimum atomic E-state index is -4.71. The molecule has 1 saturated heterocycles. The van der Waals surface area contributed by atoms with E-state index in [1.165, 1.54) is 24.2 Å². The van der Waals surface area contributed by atoms with Crippen molar-refractivity contribution in [1.29, 1.82) is 0 Å². The molecule has 15 heteroatoms. The van der Waals surface area contributed by atoms with Crippen LogP contribution in [-0.2, 0) is 24.1 Å². The van der Waals surface area contributed by atoms with E-state index in [4.69, 9.17) is 4.74 Å². The molecule has 39 heavy (non-hydrogen) atoms. The summed E-state index contributed by atoms with van der Waals surface area (Å²) in [6.07, 6.45) is -2.65. The maximum atomic E-state index is 13.4. The van der Waals surface area contributed by atoms with Gasteiger partial charge in [-0.3, -0.25) is 4.79 Å². The van der Waals surface area contributed by atoms with Crippen LogP contribution in [0.5, 0.6) is 5.75 Å². The maximum Gasteiger partial charge on any atom is 0.453 e. The van der Waals surface area contributed by atoms with Crippen LogP contribution in [0.15, 0.2) is 54.9 Å². The van der Waals surface area contributed by atoms with E-state index in [-0.39, 0.29) is 30.1 Å². The molecule has 5 rings (SSSR count). The number of alkyl halides is 3. The number of rotatable bonds is 8. The van der Waals surface area contributed by atoms with Gasteiger partial charge in [-0.2, -0.15) is 17.9 Å². The number of nitrogens with zero attached hydrogens (tertiary/aromatic N) is 9. The Balaban J connectivity index is 1.35. The Kier molecular flexibility index (Phi) is 7.49. The minimum absolute atomic E-state index is 0.0170. The third-order valence-electron chi connectivity index (χ3n) is 6.67. The van der Waals surface area contributed by atoms with Crippen molar-refractivity contribution >= 4 is 5.91 Å². The molecular formula is C24H25F3N10O2. The molecule has 204 valence electrons. The Bertz CT molecular complexity index is 1390. The molecule has 0 unspecified atom stereocenters. The van der Waals surface area contributed by atoms with Crippen molar-refractivity contribution in [3.8, 4) is 11.4 Å². The van der Waals surface area contributed by atoms with Crippen LogP contribution in [0.4, 0.5) is 13.2 Å². The van der Waals surface area contributed by atoms with Gasteiger partial charge in [-0.1, -0.05) is 30.3 Å². The van der Waals surface area contributed by atoms with Crippen LogP contribution in [0.2, 0.25) is 0 Å². The zero-order valence-corrected chi connectivity index (χ0v) is 20.9. The Morgan fingerprint density at radius 2 is 1.95 bits per heavy atom. The summed E-state index contributed by atoms with van der Waals surface area (Å²) in [5.74, 6) is -0.811. The van der Waals surface area contributed by atoms with Gasteiger partial charge in [0, 0.05) is 37.2 Å². The number of tetrazole rings is 2. The first-order valence-electron chi connectivity index (χ1n) is 12.1.